The first kappa shape index (κ1) is 19.1. The highest BCUT2D eigenvalue weighted by molar-refractivity contribution is 6.60. The standard InChI is InChI=1S/C15H33NO4Si/c1-4-7-9-16(10-8-5-2)15-21(18-6-3)19-13-11-17-12-14-20-21/h4-15H2,1-3H3. The van der Waals surface area contributed by atoms with Crippen LogP contribution in [0.3, 0.4) is 0 Å². The molecule has 5 nitrogen and oxygen atoms in total. The molecule has 0 atom stereocenters. The molecule has 0 saturated carbocycles. The molecule has 1 aliphatic heterocycles. The molecule has 0 aromatic rings. The van der Waals surface area contributed by atoms with Crippen LogP contribution < -0.4 is 0 Å². The van der Waals surface area contributed by atoms with Crippen molar-refractivity contribution in [2.45, 2.75) is 46.5 Å². The summed E-state index contributed by atoms with van der Waals surface area (Å²) in [5, 5.41) is 0. The van der Waals surface area contributed by atoms with Gasteiger partial charge in [0.25, 0.3) is 0 Å². The largest absolute Gasteiger partial charge is 0.515 e. The molecule has 0 aliphatic carbocycles. The lowest BCUT2D eigenvalue weighted by atomic mass is 10.3. The first-order valence-corrected chi connectivity index (χ1v) is 10.4. The van der Waals surface area contributed by atoms with Gasteiger partial charge in [-0.25, -0.2) is 0 Å². The third-order valence-electron chi connectivity index (χ3n) is 3.54. The van der Waals surface area contributed by atoms with E-state index < -0.39 is 8.80 Å². The van der Waals surface area contributed by atoms with E-state index in [2.05, 4.69) is 18.7 Å². The van der Waals surface area contributed by atoms with Crippen LogP contribution in [0.2, 0.25) is 0 Å². The molecule has 0 N–H and O–H groups in total. The predicted molar refractivity (Wildman–Crippen MR) is 86.4 cm³/mol. The highest BCUT2D eigenvalue weighted by Crippen LogP contribution is 2.15. The van der Waals surface area contributed by atoms with E-state index in [1.165, 1.54) is 25.7 Å². The summed E-state index contributed by atoms with van der Waals surface area (Å²) in [6, 6.07) is 0. The van der Waals surface area contributed by atoms with Crippen molar-refractivity contribution in [3.63, 3.8) is 0 Å². The van der Waals surface area contributed by atoms with Gasteiger partial charge < -0.3 is 18.0 Å². The van der Waals surface area contributed by atoms with Crippen molar-refractivity contribution < 1.29 is 18.0 Å². The molecular weight excluding hydrogens is 286 g/mol. The van der Waals surface area contributed by atoms with Crippen LogP contribution in [0.15, 0.2) is 0 Å². The molecule has 1 rings (SSSR count). The molecule has 0 bridgehead atoms. The average Bonchev–Trinajstić information content (AvgIpc) is 2.46. The van der Waals surface area contributed by atoms with Crippen LogP contribution in [-0.4, -0.2) is 66.0 Å². The van der Waals surface area contributed by atoms with E-state index in [4.69, 9.17) is 18.0 Å². The number of rotatable bonds is 10. The van der Waals surface area contributed by atoms with E-state index in [1.807, 2.05) is 6.92 Å². The Kier molecular flexibility index (Phi) is 10.5. The molecule has 1 heterocycles. The predicted octanol–water partition coefficient (Wildman–Crippen LogP) is 2.47. The van der Waals surface area contributed by atoms with Gasteiger partial charge in [0.15, 0.2) is 0 Å². The number of unbranched alkanes of at least 4 members (excludes halogenated alkanes) is 2. The first-order chi connectivity index (χ1) is 10.3. The van der Waals surface area contributed by atoms with E-state index in [0.29, 0.717) is 33.0 Å². The molecule has 1 saturated heterocycles. The zero-order chi connectivity index (χ0) is 15.4. The topological polar surface area (TPSA) is 40.2 Å². The maximum atomic E-state index is 6.03. The van der Waals surface area contributed by atoms with Crippen molar-refractivity contribution in [1.29, 1.82) is 0 Å². The molecule has 0 unspecified atom stereocenters. The Bertz CT molecular complexity index is 240. The minimum absolute atomic E-state index is 0.571. The zero-order valence-corrected chi connectivity index (χ0v) is 15.1. The van der Waals surface area contributed by atoms with Gasteiger partial charge in [-0.05, 0) is 32.9 Å². The summed E-state index contributed by atoms with van der Waals surface area (Å²) in [6.45, 7) is 11.7. The van der Waals surface area contributed by atoms with Crippen molar-refractivity contribution >= 4 is 8.80 Å². The average molecular weight is 320 g/mol. The molecule has 0 radical (unpaired) electrons. The Morgan fingerprint density at radius 2 is 1.48 bits per heavy atom. The second kappa shape index (κ2) is 11.6. The van der Waals surface area contributed by atoms with Crippen LogP contribution in [0.25, 0.3) is 0 Å². The number of hydrogen-bond acceptors (Lipinski definition) is 5. The van der Waals surface area contributed by atoms with E-state index in [9.17, 15) is 0 Å². The molecule has 1 fully saturated rings. The summed E-state index contributed by atoms with van der Waals surface area (Å²) in [4.78, 5) is 2.47. The Morgan fingerprint density at radius 1 is 0.905 bits per heavy atom. The Balaban J connectivity index is 2.64. The van der Waals surface area contributed by atoms with Gasteiger partial charge in [0.1, 0.15) is 0 Å². The van der Waals surface area contributed by atoms with Gasteiger partial charge in [-0.2, -0.15) is 0 Å². The normalized spacial score (nSPS) is 19.4. The van der Waals surface area contributed by atoms with Gasteiger partial charge >= 0.3 is 8.80 Å². The summed E-state index contributed by atoms with van der Waals surface area (Å²) in [5.41, 5.74) is 0. The molecule has 126 valence electrons. The van der Waals surface area contributed by atoms with Gasteiger partial charge in [0.2, 0.25) is 0 Å². The van der Waals surface area contributed by atoms with Crippen LogP contribution in [-0.2, 0) is 18.0 Å². The molecule has 0 spiro atoms. The smallest absolute Gasteiger partial charge is 0.377 e. The molecule has 0 aromatic heterocycles. The van der Waals surface area contributed by atoms with Crippen molar-refractivity contribution in [1.82, 2.24) is 4.90 Å². The Labute approximate surface area is 131 Å². The first-order valence-electron chi connectivity index (χ1n) is 8.48. The molecule has 0 aromatic carbocycles. The lowest BCUT2D eigenvalue weighted by molar-refractivity contribution is -0.0209. The third kappa shape index (κ3) is 7.72. The van der Waals surface area contributed by atoms with Gasteiger partial charge in [-0.15, -0.1) is 0 Å². The minimum Gasteiger partial charge on any atom is -0.377 e. The summed E-state index contributed by atoms with van der Waals surface area (Å²) in [6.07, 6.45) is 5.65. The number of hydrogen-bond donors (Lipinski definition) is 0. The number of nitrogens with zero attached hydrogens (tertiary/aromatic N) is 1. The van der Waals surface area contributed by atoms with E-state index >= 15 is 0 Å². The SMILES string of the molecule is CCCCN(CCCC)C[Si]1(OCC)OCCOCCO1. The Hall–Kier alpha value is 0.0169. The zero-order valence-electron chi connectivity index (χ0n) is 14.1. The monoisotopic (exact) mass is 319 g/mol. The second-order valence-corrected chi connectivity index (χ2v) is 7.96. The van der Waals surface area contributed by atoms with E-state index in [1.54, 1.807) is 0 Å². The minimum atomic E-state index is -2.58. The molecular formula is C15H33NO4Si. The molecule has 1 aliphatic rings. The van der Waals surface area contributed by atoms with Crippen LogP contribution in [0.4, 0.5) is 0 Å². The molecule has 21 heavy (non-hydrogen) atoms. The van der Waals surface area contributed by atoms with Crippen LogP contribution in [0.5, 0.6) is 0 Å². The summed E-state index contributed by atoms with van der Waals surface area (Å²) in [5.74, 6) is 0. The quantitative estimate of drug-likeness (QED) is 0.579. The van der Waals surface area contributed by atoms with E-state index in [-0.39, 0.29) is 0 Å². The second-order valence-electron chi connectivity index (χ2n) is 5.41. The van der Waals surface area contributed by atoms with Gasteiger partial charge in [0.05, 0.1) is 32.6 Å². The van der Waals surface area contributed by atoms with Crippen LogP contribution in [0.1, 0.15) is 46.5 Å². The highest BCUT2D eigenvalue weighted by Gasteiger charge is 2.43. The maximum Gasteiger partial charge on any atom is 0.515 e. The summed E-state index contributed by atoms with van der Waals surface area (Å²) in [7, 11) is -2.58. The van der Waals surface area contributed by atoms with Crippen molar-refractivity contribution in [3.05, 3.63) is 0 Å². The summed E-state index contributed by atoms with van der Waals surface area (Å²) >= 11 is 0. The summed E-state index contributed by atoms with van der Waals surface area (Å²) < 4.78 is 23.4. The van der Waals surface area contributed by atoms with Crippen molar-refractivity contribution in [2.24, 2.45) is 0 Å². The molecule has 6 heteroatoms. The van der Waals surface area contributed by atoms with E-state index in [0.717, 1.165) is 19.3 Å². The highest BCUT2D eigenvalue weighted by atomic mass is 28.4. The Morgan fingerprint density at radius 3 is 1.95 bits per heavy atom. The fourth-order valence-electron chi connectivity index (χ4n) is 2.40. The fourth-order valence-corrected chi connectivity index (χ4v) is 5.02. The van der Waals surface area contributed by atoms with Crippen LogP contribution >= 0.6 is 0 Å². The molecule has 0 amide bonds. The lowest BCUT2D eigenvalue weighted by Gasteiger charge is -2.35. The van der Waals surface area contributed by atoms with Gasteiger partial charge in [-0.1, -0.05) is 26.7 Å². The van der Waals surface area contributed by atoms with Crippen molar-refractivity contribution in [3.8, 4) is 0 Å². The van der Waals surface area contributed by atoms with Crippen LogP contribution in [0, 0.1) is 0 Å². The maximum absolute atomic E-state index is 6.03. The number of ether oxygens (including phenoxy) is 1. The van der Waals surface area contributed by atoms with Gasteiger partial charge in [-0.3, -0.25) is 4.90 Å². The lowest BCUT2D eigenvalue weighted by Crippen LogP contribution is -2.57. The third-order valence-corrected chi connectivity index (χ3v) is 6.39. The fraction of sp³-hybridized carbons (Fsp3) is 1.00. The van der Waals surface area contributed by atoms with Gasteiger partial charge in [0, 0.05) is 6.61 Å². The van der Waals surface area contributed by atoms with Crippen molar-refractivity contribution in [2.75, 3.05) is 52.3 Å².